The van der Waals surface area contributed by atoms with E-state index in [1.165, 1.54) is 0 Å². The van der Waals surface area contributed by atoms with Gasteiger partial charge in [-0.05, 0) is 43.2 Å². The number of nitrogens with zero attached hydrogens (tertiary/aromatic N) is 1. The van der Waals surface area contributed by atoms with Crippen molar-refractivity contribution in [2.24, 2.45) is 5.92 Å². The molecule has 1 amide bonds. The summed E-state index contributed by atoms with van der Waals surface area (Å²) in [6.45, 7) is 5.39. The molecule has 0 aromatic heterocycles. The number of likely N-dealkylation sites (tertiary alicyclic amines) is 1. The molecule has 1 atom stereocenters. The molecule has 1 aromatic rings. The topological polar surface area (TPSA) is 66.5 Å². The highest BCUT2D eigenvalue weighted by atomic mass is 35.5. The molecule has 5 nitrogen and oxygen atoms in total. The van der Waals surface area contributed by atoms with E-state index >= 15 is 0 Å². The highest BCUT2D eigenvalue weighted by Gasteiger charge is 2.30. The minimum atomic E-state index is -3.67. The standard InChI is InChI=1S/C18H27ClN2O3S/c1-14(2)12-17(18(22)21-10-6-3-7-11-21)20-25(23,24)13-15-8-4-5-9-16(15)19/h4-5,8-9,14,17,20H,3,6-7,10-13H2,1-2H3/t17-/m1/s1. The van der Waals surface area contributed by atoms with Crippen LogP contribution < -0.4 is 4.72 Å². The number of benzene rings is 1. The van der Waals surface area contributed by atoms with E-state index in [1.807, 2.05) is 13.8 Å². The first-order valence-electron chi connectivity index (χ1n) is 8.80. The minimum Gasteiger partial charge on any atom is -0.341 e. The molecule has 1 saturated heterocycles. The molecule has 2 rings (SSSR count). The van der Waals surface area contributed by atoms with Crippen LogP contribution in [0.15, 0.2) is 24.3 Å². The van der Waals surface area contributed by atoms with Gasteiger partial charge in [-0.2, -0.15) is 0 Å². The predicted molar refractivity (Wildman–Crippen MR) is 101 cm³/mol. The Morgan fingerprint density at radius 1 is 1.20 bits per heavy atom. The Bertz CT molecular complexity index is 685. The molecule has 1 aromatic carbocycles. The lowest BCUT2D eigenvalue weighted by Crippen LogP contribution is -2.50. The maximum atomic E-state index is 12.8. The van der Waals surface area contributed by atoms with Crippen LogP contribution in [0.5, 0.6) is 0 Å². The van der Waals surface area contributed by atoms with E-state index in [1.54, 1.807) is 29.2 Å². The summed E-state index contributed by atoms with van der Waals surface area (Å²) < 4.78 is 27.8. The molecule has 1 aliphatic rings. The Hall–Kier alpha value is -1.11. The molecule has 0 radical (unpaired) electrons. The third-order valence-electron chi connectivity index (χ3n) is 4.30. The zero-order chi connectivity index (χ0) is 18.4. The van der Waals surface area contributed by atoms with Crippen molar-refractivity contribution in [2.45, 2.75) is 51.3 Å². The van der Waals surface area contributed by atoms with Crippen molar-refractivity contribution < 1.29 is 13.2 Å². The van der Waals surface area contributed by atoms with E-state index < -0.39 is 16.1 Å². The maximum absolute atomic E-state index is 12.8. The second-order valence-corrected chi connectivity index (χ2v) is 9.20. The van der Waals surface area contributed by atoms with Crippen LogP contribution in [0.4, 0.5) is 0 Å². The zero-order valence-corrected chi connectivity index (χ0v) is 16.4. The third kappa shape index (κ3) is 6.28. The van der Waals surface area contributed by atoms with E-state index in [0.29, 0.717) is 30.1 Å². The molecule has 1 heterocycles. The Labute approximate surface area is 155 Å². The van der Waals surface area contributed by atoms with Crippen molar-refractivity contribution >= 4 is 27.5 Å². The van der Waals surface area contributed by atoms with Crippen molar-refractivity contribution in [3.63, 3.8) is 0 Å². The molecule has 1 aliphatic heterocycles. The van der Waals surface area contributed by atoms with Crippen molar-refractivity contribution in [2.75, 3.05) is 13.1 Å². The molecule has 0 unspecified atom stereocenters. The van der Waals surface area contributed by atoms with E-state index in [4.69, 9.17) is 11.6 Å². The van der Waals surface area contributed by atoms with E-state index in [-0.39, 0.29) is 17.6 Å². The second-order valence-electron chi connectivity index (χ2n) is 7.04. The van der Waals surface area contributed by atoms with Gasteiger partial charge in [0.1, 0.15) is 6.04 Å². The van der Waals surface area contributed by atoms with E-state index in [9.17, 15) is 13.2 Å². The highest BCUT2D eigenvalue weighted by molar-refractivity contribution is 7.88. The van der Waals surface area contributed by atoms with Crippen LogP contribution in [0, 0.1) is 5.92 Å². The maximum Gasteiger partial charge on any atom is 0.240 e. The van der Waals surface area contributed by atoms with Gasteiger partial charge in [-0.1, -0.05) is 43.6 Å². The molecule has 0 bridgehead atoms. The van der Waals surface area contributed by atoms with E-state index in [0.717, 1.165) is 19.3 Å². The smallest absolute Gasteiger partial charge is 0.240 e. The number of carbonyl (C=O) groups excluding carboxylic acids is 1. The molecule has 7 heteroatoms. The molecule has 25 heavy (non-hydrogen) atoms. The summed E-state index contributed by atoms with van der Waals surface area (Å²) in [7, 11) is -3.67. The molecule has 140 valence electrons. The fraction of sp³-hybridized carbons (Fsp3) is 0.611. The molecule has 0 saturated carbocycles. The average Bonchev–Trinajstić information content (AvgIpc) is 2.55. The van der Waals surface area contributed by atoms with Gasteiger partial charge in [-0.25, -0.2) is 13.1 Å². The zero-order valence-electron chi connectivity index (χ0n) is 14.9. The highest BCUT2D eigenvalue weighted by Crippen LogP contribution is 2.19. The first-order valence-corrected chi connectivity index (χ1v) is 10.8. The Balaban J connectivity index is 2.11. The fourth-order valence-corrected chi connectivity index (χ4v) is 4.74. The Morgan fingerprint density at radius 3 is 2.44 bits per heavy atom. The van der Waals surface area contributed by atoms with Crippen LogP contribution in [0.25, 0.3) is 0 Å². The Morgan fingerprint density at radius 2 is 1.84 bits per heavy atom. The quantitative estimate of drug-likeness (QED) is 0.782. The molecular weight excluding hydrogens is 360 g/mol. The van der Waals surface area contributed by atoms with Crippen LogP contribution in [-0.4, -0.2) is 38.4 Å². The van der Waals surface area contributed by atoms with Gasteiger partial charge in [-0.15, -0.1) is 0 Å². The van der Waals surface area contributed by atoms with Gasteiger partial charge in [0.25, 0.3) is 0 Å². The Kier molecular flexibility index (Phi) is 7.28. The molecule has 1 fully saturated rings. The first kappa shape index (κ1) is 20.2. The lowest BCUT2D eigenvalue weighted by Gasteiger charge is -2.31. The SMILES string of the molecule is CC(C)C[C@@H](NS(=O)(=O)Cc1ccccc1Cl)C(=O)N1CCCCC1. The third-order valence-corrected chi connectivity index (χ3v) is 6.00. The summed E-state index contributed by atoms with van der Waals surface area (Å²) in [4.78, 5) is 14.6. The van der Waals surface area contributed by atoms with Crippen molar-refractivity contribution in [3.8, 4) is 0 Å². The number of hydrogen-bond acceptors (Lipinski definition) is 3. The lowest BCUT2D eigenvalue weighted by molar-refractivity contribution is -0.134. The summed E-state index contributed by atoms with van der Waals surface area (Å²) >= 11 is 6.07. The summed E-state index contributed by atoms with van der Waals surface area (Å²) in [5, 5.41) is 0.413. The van der Waals surface area contributed by atoms with E-state index in [2.05, 4.69) is 4.72 Å². The number of sulfonamides is 1. The number of nitrogens with one attached hydrogen (secondary N) is 1. The normalized spacial score (nSPS) is 16.9. The van der Waals surface area contributed by atoms with Gasteiger partial charge in [0.05, 0.1) is 5.75 Å². The van der Waals surface area contributed by atoms with Gasteiger partial charge < -0.3 is 4.90 Å². The molecule has 1 N–H and O–H groups in total. The number of piperidine rings is 1. The summed E-state index contributed by atoms with van der Waals surface area (Å²) in [5.41, 5.74) is 0.533. The number of rotatable bonds is 7. The van der Waals surface area contributed by atoms with Crippen LogP contribution in [0.3, 0.4) is 0 Å². The molecule has 0 spiro atoms. The van der Waals surface area contributed by atoms with Crippen LogP contribution in [-0.2, 0) is 20.6 Å². The average molecular weight is 387 g/mol. The molecule has 0 aliphatic carbocycles. The largest absolute Gasteiger partial charge is 0.341 e. The van der Waals surface area contributed by atoms with Crippen LogP contribution in [0.2, 0.25) is 5.02 Å². The predicted octanol–water partition coefficient (Wildman–Crippen LogP) is 3.19. The van der Waals surface area contributed by atoms with Crippen molar-refractivity contribution in [1.82, 2.24) is 9.62 Å². The number of halogens is 1. The molecular formula is C18H27ClN2O3S. The van der Waals surface area contributed by atoms with Gasteiger partial charge in [0, 0.05) is 18.1 Å². The van der Waals surface area contributed by atoms with Crippen molar-refractivity contribution in [3.05, 3.63) is 34.9 Å². The van der Waals surface area contributed by atoms with Crippen LogP contribution in [0.1, 0.15) is 45.1 Å². The number of carbonyl (C=O) groups is 1. The lowest BCUT2D eigenvalue weighted by atomic mass is 10.0. The first-order chi connectivity index (χ1) is 11.8. The van der Waals surface area contributed by atoms with Gasteiger partial charge >= 0.3 is 0 Å². The monoisotopic (exact) mass is 386 g/mol. The summed E-state index contributed by atoms with van der Waals surface area (Å²) in [6, 6.07) is 6.14. The minimum absolute atomic E-state index is 0.115. The fourth-order valence-electron chi connectivity index (χ4n) is 3.08. The van der Waals surface area contributed by atoms with Gasteiger partial charge in [-0.3, -0.25) is 4.79 Å². The number of hydrogen-bond donors (Lipinski definition) is 1. The van der Waals surface area contributed by atoms with Gasteiger partial charge in [0.2, 0.25) is 15.9 Å². The van der Waals surface area contributed by atoms with Crippen molar-refractivity contribution in [1.29, 1.82) is 0 Å². The van der Waals surface area contributed by atoms with Crippen LogP contribution >= 0.6 is 11.6 Å². The summed E-state index contributed by atoms with van der Waals surface area (Å²) in [6.07, 6.45) is 3.56. The second kappa shape index (κ2) is 9.01. The van der Waals surface area contributed by atoms with Gasteiger partial charge in [0.15, 0.2) is 0 Å². The summed E-state index contributed by atoms with van der Waals surface area (Å²) in [5.74, 6) is -0.132. The number of amides is 1.